The SMILES string of the molecule is O=C(NCc1cccc(NC(=O)c2ccco2)c1)c1cnc2[nH]c(=O)[nH]c(=O)c2c1. The number of carbonyl (C=O) groups excluding carboxylic acids is 2. The van der Waals surface area contributed by atoms with Crippen molar-refractivity contribution in [1.29, 1.82) is 0 Å². The third kappa shape index (κ3) is 4.02. The van der Waals surface area contributed by atoms with E-state index in [-0.39, 0.29) is 34.8 Å². The van der Waals surface area contributed by atoms with Crippen molar-refractivity contribution in [2.45, 2.75) is 6.54 Å². The number of amides is 2. The van der Waals surface area contributed by atoms with Crippen LogP contribution in [0.15, 0.2) is 68.9 Å². The molecule has 0 aliphatic heterocycles. The molecule has 0 atom stereocenters. The van der Waals surface area contributed by atoms with Gasteiger partial charge in [0.05, 0.1) is 17.2 Å². The average molecular weight is 405 g/mol. The Balaban J connectivity index is 1.45. The minimum absolute atomic E-state index is 0.0975. The van der Waals surface area contributed by atoms with Crippen LogP contribution in [0.5, 0.6) is 0 Å². The zero-order chi connectivity index (χ0) is 21.1. The molecule has 30 heavy (non-hydrogen) atoms. The summed E-state index contributed by atoms with van der Waals surface area (Å²) < 4.78 is 5.05. The molecule has 0 aliphatic rings. The van der Waals surface area contributed by atoms with Gasteiger partial charge in [-0.3, -0.25) is 24.4 Å². The number of fused-ring (bicyclic) bond motifs is 1. The number of hydrogen-bond donors (Lipinski definition) is 4. The van der Waals surface area contributed by atoms with Crippen LogP contribution < -0.4 is 21.9 Å². The van der Waals surface area contributed by atoms with Crippen LogP contribution in [0.4, 0.5) is 5.69 Å². The Morgan fingerprint density at radius 3 is 2.70 bits per heavy atom. The maximum atomic E-state index is 12.4. The van der Waals surface area contributed by atoms with Gasteiger partial charge in [0.2, 0.25) is 0 Å². The van der Waals surface area contributed by atoms with E-state index in [1.54, 1.807) is 36.4 Å². The van der Waals surface area contributed by atoms with E-state index in [0.717, 1.165) is 5.56 Å². The summed E-state index contributed by atoms with van der Waals surface area (Å²) >= 11 is 0. The van der Waals surface area contributed by atoms with Crippen molar-refractivity contribution in [2.24, 2.45) is 0 Å². The average Bonchev–Trinajstić information content (AvgIpc) is 3.27. The van der Waals surface area contributed by atoms with Crippen molar-refractivity contribution in [1.82, 2.24) is 20.3 Å². The number of benzene rings is 1. The van der Waals surface area contributed by atoms with Crippen LogP contribution in [0.3, 0.4) is 0 Å². The summed E-state index contributed by atoms with van der Waals surface area (Å²) in [7, 11) is 0. The second-order valence-electron chi connectivity index (χ2n) is 6.34. The number of H-pyrrole nitrogens is 2. The van der Waals surface area contributed by atoms with E-state index >= 15 is 0 Å². The third-order valence-corrected chi connectivity index (χ3v) is 4.24. The van der Waals surface area contributed by atoms with Gasteiger partial charge in [0.1, 0.15) is 5.65 Å². The van der Waals surface area contributed by atoms with Crippen molar-refractivity contribution in [3.63, 3.8) is 0 Å². The lowest BCUT2D eigenvalue weighted by atomic mass is 10.1. The first-order valence-electron chi connectivity index (χ1n) is 8.84. The number of nitrogens with zero attached hydrogens (tertiary/aromatic N) is 1. The highest BCUT2D eigenvalue weighted by atomic mass is 16.3. The summed E-state index contributed by atoms with van der Waals surface area (Å²) in [6.45, 7) is 0.184. The number of furan rings is 1. The minimum atomic E-state index is -0.670. The second kappa shape index (κ2) is 7.87. The Morgan fingerprint density at radius 2 is 1.90 bits per heavy atom. The van der Waals surface area contributed by atoms with Crippen molar-refractivity contribution < 1.29 is 14.0 Å². The predicted molar refractivity (Wildman–Crippen MR) is 107 cm³/mol. The van der Waals surface area contributed by atoms with Crippen LogP contribution in [-0.4, -0.2) is 26.8 Å². The zero-order valence-corrected chi connectivity index (χ0v) is 15.4. The Labute approximate surface area is 168 Å². The molecular formula is C20H15N5O5. The van der Waals surface area contributed by atoms with Crippen LogP contribution >= 0.6 is 0 Å². The summed E-state index contributed by atoms with van der Waals surface area (Å²) in [4.78, 5) is 56.1. The number of carbonyl (C=O) groups is 2. The van der Waals surface area contributed by atoms with Gasteiger partial charge in [0.15, 0.2) is 5.76 Å². The Morgan fingerprint density at radius 1 is 1.03 bits per heavy atom. The lowest BCUT2D eigenvalue weighted by Gasteiger charge is -2.08. The number of rotatable bonds is 5. The van der Waals surface area contributed by atoms with Crippen LogP contribution in [0.1, 0.15) is 26.5 Å². The molecule has 10 nitrogen and oxygen atoms in total. The molecule has 0 spiro atoms. The van der Waals surface area contributed by atoms with Gasteiger partial charge in [0.25, 0.3) is 17.4 Å². The van der Waals surface area contributed by atoms with E-state index in [4.69, 9.17) is 4.42 Å². The normalized spacial score (nSPS) is 10.7. The molecule has 150 valence electrons. The molecule has 3 aromatic heterocycles. The number of hydrogen-bond acceptors (Lipinski definition) is 6. The summed E-state index contributed by atoms with van der Waals surface area (Å²) in [5.41, 5.74) is 0.261. The maximum Gasteiger partial charge on any atom is 0.327 e. The first kappa shape index (κ1) is 18.9. The molecule has 4 rings (SSSR count). The molecule has 2 amide bonds. The number of anilines is 1. The van der Waals surface area contributed by atoms with E-state index in [1.807, 2.05) is 0 Å². The molecular weight excluding hydrogens is 390 g/mol. The topological polar surface area (TPSA) is 150 Å². The molecule has 0 radical (unpaired) electrons. The molecule has 3 heterocycles. The smallest absolute Gasteiger partial charge is 0.327 e. The van der Waals surface area contributed by atoms with Crippen molar-refractivity contribution in [2.75, 3.05) is 5.32 Å². The molecule has 0 unspecified atom stereocenters. The highest BCUT2D eigenvalue weighted by Gasteiger charge is 2.11. The number of pyridine rings is 1. The molecule has 4 N–H and O–H groups in total. The minimum Gasteiger partial charge on any atom is -0.459 e. The molecule has 4 aromatic rings. The fourth-order valence-corrected chi connectivity index (χ4v) is 2.81. The molecule has 10 heteroatoms. The van der Waals surface area contributed by atoms with Gasteiger partial charge >= 0.3 is 5.69 Å². The van der Waals surface area contributed by atoms with E-state index < -0.39 is 17.2 Å². The third-order valence-electron chi connectivity index (χ3n) is 4.24. The standard InChI is InChI=1S/C20H15N5O5/c26-17(12-8-14-16(21-10-12)24-20(29)25-18(14)27)22-9-11-3-1-4-13(7-11)23-19(28)15-5-2-6-30-15/h1-8,10H,9H2,(H,22,26)(H,23,28)(H2,21,24,25,27,29). The van der Waals surface area contributed by atoms with E-state index in [9.17, 15) is 19.2 Å². The van der Waals surface area contributed by atoms with Crippen molar-refractivity contribution in [3.05, 3.63) is 92.6 Å². The van der Waals surface area contributed by atoms with Crippen LogP contribution in [-0.2, 0) is 6.54 Å². The number of aromatic amines is 2. The van der Waals surface area contributed by atoms with Crippen LogP contribution in [0, 0.1) is 0 Å². The first-order chi connectivity index (χ1) is 14.5. The first-order valence-corrected chi connectivity index (χ1v) is 8.84. The molecule has 0 saturated heterocycles. The van der Waals surface area contributed by atoms with Crippen molar-refractivity contribution in [3.8, 4) is 0 Å². The molecule has 0 saturated carbocycles. The van der Waals surface area contributed by atoms with Gasteiger partial charge < -0.3 is 15.1 Å². The molecule has 0 bridgehead atoms. The van der Waals surface area contributed by atoms with Crippen LogP contribution in [0.25, 0.3) is 11.0 Å². The van der Waals surface area contributed by atoms with Gasteiger partial charge in [0, 0.05) is 18.4 Å². The van der Waals surface area contributed by atoms with Crippen molar-refractivity contribution >= 4 is 28.5 Å². The summed E-state index contributed by atoms with van der Waals surface area (Å²) in [6, 6.07) is 11.5. The van der Waals surface area contributed by atoms with Gasteiger partial charge in [-0.15, -0.1) is 0 Å². The number of nitrogens with one attached hydrogen (secondary N) is 4. The second-order valence-corrected chi connectivity index (χ2v) is 6.34. The molecule has 0 fully saturated rings. The van der Waals surface area contributed by atoms with E-state index in [1.165, 1.54) is 18.5 Å². The number of aromatic nitrogens is 3. The molecule has 1 aromatic carbocycles. The largest absolute Gasteiger partial charge is 0.459 e. The quantitative estimate of drug-likeness (QED) is 0.394. The lowest BCUT2D eigenvalue weighted by Crippen LogP contribution is -2.25. The van der Waals surface area contributed by atoms with E-state index in [2.05, 4.69) is 25.6 Å². The maximum absolute atomic E-state index is 12.4. The monoisotopic (exact) mass is 405 g/mol. The van der Waals surface area contributed by atoms with Gasteiger partial charge in [-0.2, -0.15) is 0 Å². The fourth-order valence-electron chi connectivity index (χ4n) is 2.81. The zero-order valence-electron chi connectivity index (χ0n) is 15.4. The summed E-state index contributed by atoms with van der Waals surface area (Å²) in [5.74, 6) is -0.638. The summed E-state index contributed by atoms with van der Waals surface area (Å²) in [5, 5.41) is 5.54. The Hall–Kier alpha value is -4.47. The Bertz CT molecular complexity index is 1350. The van der Waals surface area contributed by atoms with Gasteiger partial charge in [-0.1, -0.05) is 12.1 Å². The fraction of sp³-hybridized carbons (Fsp3) is 0.0500. The lowest BCUT2D eigenvalue weighted by molar-refractivity contribution is 0.0949. The molecule has 0 aliphatic carbocycles. The van der Waals surface area contributed by atoms with Gasteiger partial charge in [-0.25, -0.2) is 9.78 Å². The highest BCUT2D eigenvalue weighted by Crippen LogP contribution is 2.13. The Kier molecular flexibility index (Phi) is 4.95. The van der Waals surface area contributed by atoms with Gasteiger partial charge in [-0.05, 0) is 35.9 Å². The van der Waals surface area contributed by atoms with E-state index in [0.29, 0.717) is 5.69 Å². The predicted octanol–water partition coefficient (Wildman–Crippen LogP) is 1.39. The van der Waals surface area contributed by atoms with Crippen LogP contribution in [0.2, 0.25) is 0 Å². The summed E-state index contributed by atoms with van der Waals surface area (Å²) in [6.07, 6.45) is 2.68. The highest BCUT2D eigenvalue weighted by molar-refractivity contribution is 6.02.